The Balaban J connectivity index is 1.34. The van der Waals surface area contributed by atoms with E-state index in [1.165, 1.54) is 5.56 Å². The van der Waals surface area contributed by atoms with Gasteiger partial charge in [0.15, 0.2) is 0 Å². The summed E-state index contributed by atoms with van der Waals surface area (Å²) in [7, 11) is 0. The van der Waals surface area contributed by atoms with Crippen molar-refractivity contribution < 1.29 is 19.4 Å². The van der Waals surface area contributed by atoms with Gasteiger partial charge >= 0.3 is 5.97 Å². The van der Waals surface area contributed by atoms with Crippen molar-refractivity contribution in [1.82, 2.24) is 4.90 Å². The van der Waals surface area contributed by atoms with Gasteiger partial charge in [-0.2, -0.15) is 0 Å². The molecule has 5 heteroatoms. The average Bonchev–Trinajstić information content (AvgIpc) is 2.73. The molecule has 2 aromatic carbocycles. The maximum absolute atomic E-state index is 12.4. The van der Waals surface area contributed by atoms with Gasteiger partial charge in [0.1, 0.15) is 0 Å². The van der Waals surface area contributed by atoms with Crippen molar-refractivity contribution in [2.24, 2.45) is 0 Å². The van der Waals surface area contributed by atoms with Crippen LogP contribution in [-0.4, -0.2) is 47.7 Å². The molecule has 28 heavy (non-hydrogen) atoms. The van der Waals surface area contributed by atoms with Crippen LogP contribution >= 0.6 is 0 Å². The van der Waals surface area contributed by atoms with Crippen LogP contribution in [0.2, 0.25) is 0 Å². The minimum absolute atomic E-state index is 0.157. The van der Waals surface area contributed by atoms with E-state index in [4.69, 9.17) is 9.84 Å². The van der Waals surface area contributed by atoms with Gasteiger partial charge in [0.25, 0.3) is 0 Å². The number of aryl methyl sites for hydroxylation is 1. The lowest BCUT2D eigenvalue weighted by Crippen LogP contribution is -2.41. The zero-order valence-corrected chi connectivity index (χ0v) is 16.0. The molecule has 0 aromatic heterocycles. The van der Waals surface area contributed by atoms with Gasteiger partial charge in [-0.1, -0.05) is 42.5 Å². The van der Waals surface area contributed by atoms with Crippen molar-refractivity contribution in [3.63, 3.8) is 0 Å². The number of carbonyl (C=O) groups excluding carboxylic acids is 1. The lowest BCUT2D eigenvalue weighted by Gasteiger charge is -2.32. The van der Waals surface area contributed by atoms with Gasteiger partial charge in [0, 0.05) is 19.5 Å². The summed E-state index contributed by atoms with van der Waals surface area (Å²) >= 11 is 0. The van der Waals surface area contributed by atoms with E-state index in [0.29, 0.717) is 12.8 Å². The van der Waals surface area contributed by atoms with Crippen LogP contribution in [0.5, 0.6) is 0 Å². The highest BCUT2D eigenvalue weighted by Gasteiger charge is 2.22. The molecular formula is C23H27NO4. The molecule has 1 N–H and O–H groups in total. The fourth-order valence-corrected chi connectivity index (χ4v) is 3.48. The van der Waals surface area contributed by atoms with Crippen LogP contribution in [0, 0.1) is 0 Å². The lowest BCUT2D eigenvalue weighted by molar-refractivity contribution is -0.133. The zero-order chi connectivity index (χ0) is 19.8. The zero-order valence-electron chi connectivity index (χ0n) is 16.0. The fraction of sp³-hybridized carbons (Fsp3) is 0.391. The summed E-state index contributed by atoms with van der Waals surface area (Å²) < 4.78 is 5.99. The first kappa shape index (κ1) is 20.1. The van der Waals surface area contributed by atoms with E-state index >= 15 is 0 Å². The van der Waals surface area contributed by atoms with Crippen molar-refractivity contribution in [3.05, 3.63) is 71.3 Å². The summed E-state index contributed by atoms with van der Waals surface area (Å²) in [5.41, 5.74) is 2.54. The second-order valence-electron chi connectivity index (χ2n) is 7.19. The molecule has 0 atom stereocenters. The number of carbonyl (C=O) groups is 2. The quantitative estimate of drug-likeness (QED) is 0.759. The SMILES string of the molecule is O=C(O)c1ccc(CCC(=O)N2CCC(OCCc3ccccc3)CC2)cc1. The Morgan fingerprint density at radius 2 is 1.57 bits per heavy atom. The van der Waals surface area contributed by atoms with Crippen LogP contribution in [0.25, 0.3) is 0 Å². The number of aromatic carboxylic acids is 1. The second-order valence-corrected chi connectivity index (χ2v) is 7.19. The number of carboxylic acid groups (broad SMARTS) is 1. The first-order chi connectivity index (χ1) is 13.6. The van der Waals surface area contributed by atoms with Crippen molar-refractivity contribution in [2.75, 3.05) is 19.7 Å². The molecule has 1 heterocycles. The molecule has 2 aromatic rings. The molecular weight excluding hydrogens is 354 g/mol. The minimum atomic E-state index is -0.934. The fourth-order valence-electron chi connectivity index (χ4n) is 3.48. The third-order valence-electron chi connectivity index (χ3n) is 5.21. The number of amides is 1. The summed E-state index contributed by atoms with van der Waals surface area (Å²) in [6.45, 7) is 2.20. The van der Waals surface area contributed by atoms with Crippen LogP contribution in [0.1, 0.15) is 40.7 Å². The Bertz CT molecular complexity index is 765. The summed E-state index contributed by atoms with van der Waals surface area (Å²) in [5, 5.41) is 8.93. The molecule has 148 valence electrons. The third-order valence-corrected chi connectivity index (χ3v) is 5.21. The van der Waals surface area contributed by atoms with E-state index < -0.39 is 5.97 Å². The van der Waals surface area contributed by atoms with Crippen LogP contribution in [0.3, 0.4) is 0 Å². The normalized spacial score (nSPS) is 14.8. The maximum Gasteiger partial charge on any atom is 0.335 e. The standard InChI is InChI=1S/C23H27NO4/c25-22(11-8-19-6-9-20(10-7-19)23(26)27)24-15-12-21(13-16-24)28-17-14-18-4-2-1-3-5-18/h1-7,9-10,21H,8,11-17H2,(H,26,27). The maximum atomic E-state index is 12.4. The number of nitrogens with zero attached hydrogens (tertiary/aromatic N) is 1. The van der Waals surface area contributed by atoms with Crippen LogP contribution in [0.4, 0.5) is 0 Å². The highest BCUT2D eigenvalue weighted by atomic mass is 16.5. The summed E-state index contributed by atoms with van der Waals surface area (Å²) in [6.07, 6.45) is 4.00. The van der Waals surface area contributed by atoms with Gasteiger partial charge in [-0.05, 0) is 48.9 Å². The largest absolute Gasteiger partial charge is 0.478 e. The van der Waals surface area contributed by atoms with Gasteiger partial charge in [-0.3, -0.25) is 4.79 Å². The van der Waals surface area contributed by atoms with Gasteiger partial charge in [-0.15, -0.1) is 0 Å². The molecule has 0 aliphatic carbocycles. The topological polar surface area (TPSA) is 66.8 Å². The minimum Gasteiger partial charge on any atom is -0.478 e. The van der Waals surface area contributed by atoms with Crippen molar-refractivity contribution in [2.45, 2.75) is 38.2 Å². The van der Waals surface area contributed by atoms with E-state index in [0.717, 1.165) is 44.5 Å². The summed E-state index contributed by atoms with van der Waals surface area (Å²) in [6, 6.07) is 17.1. The van der Waals surface area contributed by atoms with E-state index in [9.17, 15) is 9.59 Å². The lowest BCUT2D eigenvalue weighted by atomic mass is 10.0. The Labute approximate surface area is 165 Å². The average molecular weight is 381 g/mol. The summed E-state index contributed by atoms with van der Waals surface area (Å²) in [4.78, 5) is 25.2. The highest BCUT2D eigenvalue weighted by Crippen LogP contribution is 2.16. The number of hydrogen-bond donors (Lipinski definition) is 1. The first-order valence-electron chi connectivity index (χ1n) is 9.87. The van der Waals surface area contributed by atoms with Crippen molar-refractivity contribution in [1.29, 1.82) is 0 Å². The Morgan fingerprint density at radius 3 is 2.21 bits per heavy atom. The van der Waals surface area contributed by atoms with Crippen LogP contribution in [0.15, 0.2) is 54.6 Å². The van der Waals surface area contributed by atoms with Crippen molar-refractivity contribution in [3.8, 4) is 0 Å². The number of rotatable bonds is 8. The third kappa shape index (κ3) is 5.92. The first-order valence-corrected chi connectivity index (χ1v) is 9.87. The van der Waals surface area contributed by atoms with E-state index in [2.05, 4.69) is 12.1 Å². The number of carboxylic acids is 1. The molecule has 5 nitrogen and oxygen atoms in total. The Hall–Kier alpha value is -2.66. The molecule has 1 saturated heterocycles. The van der Waals surface area contributed by atoms with Crippen molar-refractivity contribution >= 4 is 11.9 Å². The number of likely N-dealkylation sites (tertiary alicyclic amines) is 1. The predicted octanol–water partition coefficient (Wildman–Crippen LogP) is 3.57. The molecule has 1 fully saturated rings. The number of piperidine rings is 1. The van der Waals surface area contributed by atoms with Gasteiger partial charge in [0.05, 0.1) is 18.3 Å². The highest BCUT2D eigenvalue weighted by molar-refractivity contribution is 5.87. The van der Waals surface area contributed by atoms with E-state index in [-0.39, 0.29) is 17.6 Å². The predicted molar refractivity (Wildman–Crippen MR) is 107 cm³/mol. The second kappa shape index (κ2) is 10.0. The Morgan fingerprint density at radius 1 is 0.929 bits per heavy atom. The van der Waals surface area contributed by atoms with E-state index in [1.807, 2.05) is 23.1 Å². The molecule has 1 amide bonds. The van der Waals surface area contributed by atoms with Gasteiger partial charge in [0.2, 0.25) is 5.91 Å². The molecule has 0 radical (unpaired) electrons. The number of hydrogen-bond acceptors (Lipinski definition) is 3. The van der Waals surface area contributed by atoms with Crippen LogP contribution < -0.4 is 0 Å². The molecule has 0 bridgehead atoms. The molecule has 0 spiro atoms. The monoisotopic (exact) mass is 381 g/mol. The van der Waals surface area contributed by atoms with Gasteiger partial charge in [-0.25, -0.2) is 4.79 Å². The summed E-state index contributed by atoms with van der Waals surface area (Å²) in [5.74, 6) is -0.776. The number of benzene rings is 2. The molecule has 0 saturated carbocycles. The molecule has 0 unspecified atom stereocenters. The Kier molecular flexibility index (Phi) is 7.20. The molecule has 1 aliphatic heterocycles. The van der Waals surface area contributed by atoms with Gasteiger partial charge < -0.3 is 14.7 Å². The molecule has 1 aliphatic rings. The van der Waals surface area contributed by atoms with E-state index in [1.54, 1.807) is 24.3 Å². The molecule has 3 rings (SSSR count). The van der Waals surface area contributed by atoms with Crippen LogP contribution in [-0.2, 0) is 22.4 Å². The number of ether oxygens (including phenoxy) is 1. The smallest absolute Gasteiger partial charge is 0.335 e.